The Balaban J connectivity index is 2.40. The van der Waals surface area contributed by atoms with Gasteiger partial charge in [0.1, 0.15) is 11.6 Å². The monoisotopic (exact) mass is 247 g/mol. The van der Waals surface area contributed by atoms with E-state index in [0.717, 1.165) is 22.8 Å². The molecular formula is C15H15F2N. The van der Waals surface area contributed by atoms with Crippen molar-refractivity contribution >= 4 is 0 Å². The van der Waals surface area contributed by atoms with Gasteiger partial charge in [-0.3, -0.25) is 0 Å². The quantitative estimate of drug-likeness (QED) is 0.861. The van der Waals surface area contributed by atoms with Crippen molar-refractivity contribution in [3.63, 3.8) is 0 Å². The molecule has 1 nitrogen and oxygen atoms in total. The van der Waals surface area contributed by atoms with Gasteiger partial charge >= 0.3 is 0 Å². The molecule has 2 rings (SSSR count). The summed E-state index contributed by atoms with van der Waals surface area (Å²) in [6.45, 7) is 3.99. The average Bonchev–Trinajstić information content (AvgIpc) is 2.30. The van der Waals surface area contributed by atoms with E-state index in [2.05, 4.69) is 0 Å². The average molecular weight is 247 g/mol. The van der Waals surface area contributed by atoms with Crippen LogP contribution < -0.4 is 5.73 Å². The normalized spacial score (nSPS) is 12.5. The highest BCUT2D eigenvalue weighted by Gasteiger charge is 2.12. The first-order chi connectivity index (χ1) is 8.47. The number of hydrogen-bond donors (Lipinski definition) is 1. The van der Waals surface area contributed by atoms with E-state index >= 15 is 0 Å². The summed E-state index contributed by atoms with van der Waals surface area (Å²) < 4.78 is 26.3. The summed E-state index contributed by atoms with van der Waals surface area (Å²) in [6.07, 6.45) is 0. The molecule has 3 heteroatoms. The van der Waals surface area contributed by atoms with Crippen molar-refractivity contribution in [1.82, 2.24) is 0 Å². The molecule has 0 radical (unpaired) electrons. The molecule has 2 N–H and O–H groups in total. The second kappa shape index (κ2) is 4.86. The van der Waals surface area contributed by atoms with Crippen LogP contribution in [0.4, 0.5) is 8.78 Å². The third-order valence-electron chi connectivity index (χ3n) is 3.13. The molecule has 0 spiro atoms. The number of benzene rings is 2. The SMILES string of the molecule is Cc1ccc(C(N)c2cc(F)cc(F)c2)cc1C. The maximum Gasteiger partial charge on any atom is 0.126 e. The molecule has 0 aromatic heterocycles. The van der Waals surface area contributed by atoms with Crippen molar-refractivity contribution in [2.24, 2.45) is 5.73 Å². The van der Waals surface area contributed by atoms with E-state index in [1.165, 1.54) is 12.1 Å². The Morgan fingerprint density at radius 3 is 2.00 bits per heavy atom. The van der Waals surface area contributed by atoms with Gasteiger partial charge in [0, 0.05) is 6.07 Å². The van der Waals surface area contributed by atoms with Gasteiger partial charge in [0.05, 0.1) is 6.04 Å². The predicted molar refractivity (Wildman–Crippen MR) is 68.3 cm³/mol. The molecule has 18 heavy (non-hydrogen) atoms. The van der Waals surface area contributed by atoms with Gasteiger partial charge in [-0.15, -0.1) is 0 Å². The largest absolute Gasteiger partial charge is 0.320 e. The van der Waals surface area contributed by atoms with Crippen LogP contribution in [-0.2, 0) is 0 Å². The van der Waals surface area contributed by atoms with Crippen LogP contribution in [0.1, 0.15) is 28.3 Å². The lowest BCUT2D eigenvalue weighted by Crippen LogP contribution is -2.12. The van der Waals surface area contributed by atoms with E-state index < -0.39 is 17.7 Å². The predicted octanol–water partition coefficient (Wildman–Crippen LogP) is 3.63. The van der Waals surface area contributed by atoms with E-state index in [1.54, 1.807) is 0 Å². The maximum absolute atomic E-state index is 13.2. The van der Waals surface area contributed by atoms with E-state index in [4.69, 9.17) is 5.73 Å². The van der Waals surface area contributed by atoms with Gasteiger partial charge in [-0.1, -0.05) is 18.2 Å². The number of hydrogen-bond acceptors (Lipinski definition) is 1. The number of aryl methyl sites for hydroxylation is 2. The molecule has 2 aromatic rings. The fraction of sp³-hybridized carbons (Fsp3) is 0.200. The van der Waals surface area contributed by atoms with E-state index in [1.807, 2.05) is 32.0 Å². The molecular weight excluding hydrogens is 232 g/mol. The number of nitrogens with two attached hydrogens (primary N) is 1. The van der Waals surface area contributed by atoms with Crippen LogP contribution in [0.3, 0.4) is 0 Å². The summed E-state index contributed by atoms with van der Waals surface area (Å²) in [5, 5.41) is 0. The number of rotatable bonds is 2. The smallest absolute Gasteiger partial charge is 0.126 e. The first-order valence-electron chi connectivity index (χ1n) is 5.76. The molecule has 0 amide bonds. The molecule has 0 saturated carbocycles. The fourth-order valence-corrected chi connectivity index (χ4v) is 1.91. The van der Waals surface area contributed by atoms with Crippen molar-refractivity contribution in [1.29, 1.82) is 0 Å². The Morgan fingerprint density at radius 1 is 0.833 bits per heavy atom. The fourth-order valence-electron chi connectivity index (χ4n) is 1.91. The summed E-state index contributed by atoms with van der Waals surface area (Å²) in [4.78, 5) is 0. The molecule has 0 bridgehead atoms. The third-order valence-corrected chi connectivity index (χ3v) is 3.13. The van der Waals surface area contributed by atoms with Crippen LogP contribution in [0.2, 0.25) is 0 Å². The van der Waals surface area contributed by atoms with Gasteiger partial charge < -0.3 is 5.73 Å². The Kier molecular flexibility index (Phi) is 3.43. The molecule has 1 atom stereocenters. The molecule has 0 aliphatic heterocycles. The first kappa shape index (κ1) is 12.7. The van der Waals surface area contributed by atoms with Crippen molar-refractivity contribution in [3.05, 3.63) is 70.3 Å². The van der Waals surface area contributed by atoms with E-state index in [-0.39, 0.29) is 0 Å². The zero-order valence-electron chi connectivity index (χ0n) is 10.4. The summed E-state index contributed by atoms with van der Waals surface area (Å²) in [6, 6.07) is 8.65. The Hall–Kier alpha value is -1.74. The second-order valence-corrected chi connectivity index (χ2v) is 4.52. The van der Waals surface area contributed by atoms with Crippen LogP contribution in [0.5, 0.6) is 0 Å². The van der Waals surface area contributed by atoms with Gasteiger partial charge in [-0.25, -0.2) is 8.78 Å². The van der Waals surface area contributed by atoms with E-state index in [9.17, 15) is 8.78 Å². The van der Waals surface area contributed by atoms with Crippen molar-refractivity contribution in [2.75, 3.05) is 0 Å². The highest BCUT2D eigenvalue weighted by molar-refractivity contribution is 5.37. The van der Waals surface area contributed by atoms with Gasteiger partial charge in [0.25, 0.3) is 0 Å². The molecule has 1 unspecified atom stereocenters. The molecule has 0 aliphatic rings. The summed E-state index contributed by atoms with van der Waals surface area (Å²) in [7, 11) is 0. The molecule has 0 saturated heterocycles. The number of halogens is 2. The minimum atomic E-state index is -0.607. The van der Waals surface area contributed by atoms with Gasteiger partial charge in [-0.2, -0.15) is 0 Å². The lowest BCUT2D eigenvalue weighted by atomic mass is 9.96. The molecule has 0 heterocycles. The minimum absolute atomic E-state index is 0.441. The van der Waals surface area contributed by atoms with Crippen LogP contribution >= 0.6 is 0 Å². The van der Waals surface area contributed by atoms with E-state index in [0.29, 0.717) is 5.56 Å². The second-order valence-electron chi connectivity index (χ2n) is 4.52. The first-order valence-corrected chi connectivity index (χ1v) is 5.76. The summed E-state index contributed by atoms with van der Waals surface area (Å²) in [5.74, 6) is -1.21. The van der Waals surface area contributed by atoms with Crippen LogP contribution in [-0.4, -0.2) is 0 Å². The van der Waals surface area contributed by atoms with Crippen molar-refractivity contribution < 1.29 is 8.78 Å². The zero-order chi connectivity index (χ0) is 13.3. The topological polar surface area (TPSA) is 26.0 Å². The summed E-state index contributed by atoms with van der Waals surface area (Å²) >= 11 is 0. The highest BCUT2D eigenvalue weighted by atomic mass is 19.1. The molecule has 0 aliphatic carbocycles. The standard InChI is InChI=1S/C15H15F2N/c1-9-3-4-11(5-10(9)2)15(18)12-6-13(16)8-14(17)7-12/h3-8,15H,18H2,1-2H3. The molecule has 2 aromatic carbocycles. The lowest BCUT2D eigenvalue weighted by molar-refractivity contribution is 0.577. The Morgan fingerprint density at radius 2 is 1.44 bits per heavy atom. The summed E-state index contributed by atoms with van der Waals surface area (Å²) in [5.41, 5.74) is 9.60. The third kappa shape index (κ3) is 2.57. The Bertz CT molecular complexity index is 558. The van der Waals surface area contributed by atoms with Gasteiger partial charge in [0.2, 0.25) is 0 Å². The zero-order valence-corrected chi connectivity index (χ0v) is 10.4. The maximum atomic E-state index is 13.2. The molecule has 94 valence electrons. The van der Waals surface area contributed by atoms with Crippen LogP contribution in [0.25, 0.3) is 0 Å². The van der Waals surface area contributed by atoms with Crippen LogP contribution in [0.15, 0.2) is 36.4 Å². The highest BCUT2D eigenvalue weighted by Crippen LogP contribution is 2.23. The van der Waals surface area contributed by atoms with Crippen molar-refractivity contribution in [3.8, 4) is 0 Å². The molecule has 0 fully saturated rings. The minimum Gasteiger partial charge on any atom is -0.320 e. The van der Waals surface area contributed by atoms with Gasteiger partial charge in [-0.05, 0) is 48.2 Å². The van der Waals surface area contributed by atoms with Crippen LogP contribution in [0, 0.1) is 25.5 Å². The van der Waals surface area contributed by atoms with Crippen molar-refractivity contribution in [2.45, 2.75) is 19.9 Å². The van der Waals surface area contributed by atoms with Gasteiger partial charge in [0.15, 0.2) is 0 Å². The Labute approximate surface area is 105 Å². The lowest BCUT2D eigenvalue weighted by Gasteiger charge is -2.14.